The number of unbranched alkanes of at least 4 members (excludes halogenated alkanes) is 5. The third-order valence-corrected chi connectivity index (χ3v) is 14.8. The molecule has 16 atom stereocenters. The topological polar surface area (TPSA) is 348 Å². The summed E-state index contributed by atoms with van der Waals surface area (Å²) in [6.07, 6.45) is -9.18. The lowest BCUT2D eigenvalue weighted by atomic mass is 9.86. The van der Waals surface area contributed by atoms with Gasteiger partial charge in [-0.3, -0.25) is 33.6 Å². The van der Waals surface area contributed by atoms with Crippen LogP contribution in [0.3, 0.4) is 0 Å². The summed E-state index contributed by atoms with van der Waals surface area (Å²) in [4.78, 5) is 104. The number of carbonyl (C=O) groups is 7. The molecule has 3 saturated heterocycles. The van der Waals surface area contributed by atoms with Crippen LogP contribution in [-0.4, -0.2) is 184 Å². The van der Waals surface area contributed by atoms with Gasteiger partial charge < -0.3 is 76.6 Å². The summed E-state index contributed by atoms with van der Waals surface area (Å²) in [5.74, 6) is -9.74. The van der Waals surface area contributed by atoms with E-state index in [-0.39, 0.29) is 30.7 Å². The number of ketones is 2. The highest BCUT2D eigenvalue weighted by Crippen LogP contribution is 2.31. The van der Waals surface area contributed by atoms with E-state index in [9.17, 15) is 79.5 Å². The van der Waals surface area contributed by atoms with Crippen LogP contribution in [0.2, 0.25) is 0 Å². The summed E-state index contributed by atoms with van der Waals surface area (Å²) < 4.78 is 0. The molecule has 4 rings (SSSR count). The Morgan fingerprint density at radius 2 is 1.39 bits per heavy atom. The third-order valence-electron chi connectivity index (χ3n) is 14.8. The first-order valence-electron chi connectivity index (χ1n) is 26.1. The second kappa shape index (κ2) is 29.3. The van der Waals surface area contributed by atoms with Crippen molar-refractivity contribution >= 4 is 41.1 Å². The lowest BCUT2D eigenvalue weighted by Gasteiger charge is -2.33. The summed E-state index contributed by atoms with van der Waals surface area (Å²) >= 11 is 0. The molecule has 0 saturated carbocycles. The van der Waals surface area contributed by atoms with Gasteiger partial charge in [0.25, 0.3) is 0 Å². The number of carbonyl (C=O) groups excluding carboxylic acids is 7. The van der Waals surface area contributed by atoms with Crippen LogP contribution >= 0.6 is 0 Å². The first kappa shape index (κ1) is 61.4. The Morgan fingerprint density at radius 1 is 0.770 bits per heavy atom. The molecule has 22 nitrogen and oxygen atoms in total. The van der Waals surface area contributed by atoms with E-state index in [1.165, 1.54) is 30.7 Å². The fraction of sp³-hybridized carbons (Fsp3) is 0.731. The Bertz CT molecular complexity index is 2090. The molecule has 1 aromatic carbocycles. The predicted octanol–water partition coefficient (Wildman–Crippen LogP) is -0.116. The number of nitrogens with one attached hydrogen (secondary N) is 3. The molecule has 5 amide bonds. The van der Waals surface area contributed by atoms with Crippen molar-refractivity contribution in [1.29, 1.82) is 0 Å². The molecule has 74 heavy (non-hydrogen) atoms. The number of fused-ring (bicyclic) bond motifs is 2. The summed E-state index contributed by atoms with van der Waals surface area (Å²) in [7, 11) is 0. The van der Waals surface area contributed by atoms with Crippen molar-refractivity contribution in [2.24, 2.45) is 23.7 Å². The molecule has 0 bridgehead atoms. The Balaban J connectivity index is 1.68. The van der Waals surface area contributed by atoms with Crippen molar-refractivity contribution in [2.45, 2.75) is 197 Å². The van der Waals surface area contributed by atoms with Gasteiger partial charge in [-0.2, -0.15) is 0 Å². The molecule has 1 aromatic rings. The largest absolute Gasteiger partial charge is 0.508 e. The Hall–Kier alpha value is -5.12. The van der Waals surface area contributed by atoms with Gasteiger partial charge in [0, 0.05) is 44.7 Å². The molecule has 0 radical (unpaired) electrons. The number of hydrogen-bond acceptors (Lipinski definition) is 16. The van der Waals surface area contributed by atoms with Gasteiger partial charge in [0.05, 0.1) is 42.5 Å². The number of rotatable bonds is 20. The van der Waals surface area contributed by atoms with E-state index < -0.39 is 165 Å². The molecule has 22 heteroatoms. The van der Waals surface area contributed by atoms with Crippen LogP contribution < -0.4 is 16.0 Å². The SMILES string of the molecule is [C-]#[N+]C[C@@H](O)[C@@H]1NC(=O)[C@H]([C@H](O)[C@@H](O)c2ccc(O)cc2)CC(=O)[C@@H]2C[C@@H](O)CN2C(=O)[C@H]([C@@H](C)O)NC(=O)[C@@H](CC(=O)CCCCCCCC[C@@H](C)C[C@@H](C)CC)C[C@@H](O)[C@@H](O)NC(=O)[C@@H]2[C@@H](O)CCN2C1=O. The number of amides is 5. The van der Waals surface area contributed by atoms with Crippen molar-refractivity contribution in [3.63, 3.8) is 0 Å². The second-order valence-corrected chi connectivity index (χ2v) is 20.9. The van der Waals surface area contributed by atoms with E-state index in [1.54, 1.807) is 0 Å². The highest BCUT2D eigenvalue weighted by molar-refractivity contribution is 5.98. The van der Waals surface area contributed by atoms with E-state index in [2.05, 4.69) is 41.6 Å². The molecule has 3 aliphatic rings. The Labute approximate surface area is 432 Å². The van der Waals surface area contributed by atoms with E-state index in [0.717, 1.165) is 61.7 Å². The van der Waals surface area contributed by atoms with Crippen LogP contribution in [0, 0.1) is 30.2 Å². The number of phenolic OH excluding ortho intramolecular Hbond substituents is 1. The summed E-state index contributed by atoms with van der Waals surface area (Å²) in [5.41, 5.74) is -0.0482. The second-order valence-electron chi connectivity index (χ2n) is 20.9. The molecule has 3 fully saturated rings. The average molecular weight is 1050 g/mol. The zero-order chi connectivity index (χ0) is 55.0. The van der Waals surface area contributed by atoms with Crippen molar-refractivity contribution < 1.29 is 79.5 Å². The fourth-order valence-corrected chi connectivity index (χ4v) is 10.2. The van der Waals surface area contributed by atoms with Gasteiger partial charge in [-0.05, 0) is 62.1 Å². The predicted molar refractivity (Wildman–Crippen MR) is 266 cm³/mol. The Morgan fingerprint density at radius 3 is 2.03 bits per heavy atom. The van der Waals surface area contributed by atoms with Crippen LogP contribution in [0.25, 0.3) is 4.85 Å². The van der Waals surface area contributed by atoms with Crippen LogP contribution in [0.4, 0.5) is 0 Å². The molecule has 3 aliphatic heterocycles. The van der Waals surface area contributed by atoms with Gasteiger partial charge in [0.15, 0.2) is 18.1 Å². The number of aliphatic hydroxyl groups excluding tert-OH is 8. The average Bonchev–Trinajstić information content (AvgIpc) is 3.95. The highest BCUT2D eigenvalue weighted by Gasteiger charge is 2.49. The molecule has 12 N–H and O–H groups in total. The van der Waals surface area contributed by atoms with E-state index >= 15 is 0 Å². The molecule has 0 unspecified atom stereocenters. The van der Waals surface area contributed by atoms with Crippen molar-refractivity contribution in [3.05, 3.63) is 41.2 Å². The van der Waals surface area contributed by atoms with E-state index in [4.69, 9.17) is 6.57 Å². The summed E-state index contributed by atoms with van der Waals surface area (Å²) in [5, 5.41) is 106. The van der Waals surface area contributed by atoms with Crippen LogP contribution in [-0.2, 0) is 33.6 Å². The molecule has 0 spiro atoms. The lowest BCUT2D eigenvalue weighted by molar-refractivity contribution is -0.149. The minimum atomic E-state index is -2.21. The van der Waals surface area contributed by atoms with Crippen LogP contribution in [0.5, 0.6) is 5.75 Å². The van der Waals surface area contributed by atoms with Crippen molar-refractivity contribution in [2.75, 3.05) is 19.6 Å². The zero-order valence-corrected chi connectivity index (χ0v) is 43.0. The summed E-state index contributed by atoms with van der Waals surface area (Å²) in [6.45, 7) is 13.5. The maximum atomic E-state index is 14.4. The van der Waals surface area contributed by atoms with Gasteiger partial charge >= 0.3 is 0 Å². The number of aliphatic hydroxyl groups is 8. The number of benzene rings is 1. The Kier molecular flexibility index (Phi) is 24.3. The van der Waals surface area contributed by atoms with Gasteiger partial charge in [-0.1, -0.05) is 77.8 Å². The van der Waals surface area contributed by atoms with E-state index in [0.29, 0.717) is 18.3 Å². The van der Waals surface area contributed by atoms with Crippen molar-refractivity contribution in [3.8, 4) is 5.75 Å². The maximum absolute atomic E-state index is 14.4. The molecular formula is C52H80N6O16. The molecular weight excluding hydrogens is 965 g/mol. The van der Waals surface area contributed by atoms with Gasteiger partial charge in [-0.15, -0.1) is 0 Å². The minimum Gasteiger partial charge on any atom is -0.508 e. The van der Waals surface area contributed by atoms with Crippen LogP contribution in [0.1, 0.15) is 136 Å². The highest BCUT2D eigenvalue weighted by atomic mass is 16.3. The number of hydrogen-bond donors (Lipinski definition) is 12. The zero-order valence-electron chi connectivity index (χ0n) is 43.0. The van der Waals surface area contributed by atoms with Gasteiger partial charge in [-0.25, -0.2) is 6.57 Å². The molecule has 414 valence electrons. The number of phenols is 1. The molecule has 3 heterocycles. The third kappa shape index (κ3) is 17.2. The lowest BCUT2D eigenvalue weighted by Crippen LogP contribution is -2.61. The van der Waals surface area contributed by atoms with Crippen LogP contribution in [0.15, 0.2) is 24.3 Å². The molecule has 0 aromatic heterocycles. The maximum Gasteiger partial charge on any atom is 0.248 e. The monoisotopic (exact) mass is 1040 g/mol. The molecule has 0 aliphatic carbocycles. The normalized spacial score (nSPS) is 29.3. The standard InChI is InChI=1S/C52H80N6O16/c1-6-28(2)21-29(3)13-11-9-7-8-10-12-14-34(61)22-32-23-40(65)49(71)56-50(72)44-38(63)19-20-57(44)52(74)43(41(66)26-53-5)55-48(70)36(46(68)45(67)31-15-17-33(60)18-16-31)25-39(64)37-24-35(62)27-58(37)51(73)42(30(4)59)54-47(32)69/h15-18,28-30,32,35-38,40-46,49,59-60,62-63,65-68,71H,6-14,19-27H2,1-4H3,(H,54,69)(H,55,70)(H,56,72)/t28-,29+,30+,32-,35+,36-,37-,38-,40+,41+,42-,43-,44-,45-,46-,49+/m0/s1. The fourth-order valence-electron chi connectivity index (χ4n) is 10.2. The quantitative estimate of drug-likeness (QED) is 0.0599. The smallest absolute Gasteiger partial charge is 0.248 e. The number of aromatic hydroxyl groups is 1. The summed E-state index contributed by atoms with van der Waals surface area (Å²) in [6, 6.07) is -2.62. The number of nitrogens with zero attached hydrogens (tertiary/aromatic N) is 3. The first-order chi connectivity index (χ1) is 35.0. The minimum absolute atomic E-state index is 0.0482. The van der Waals surface area contributed by atoms with E-state index in [1.807, 2.05) is 0 Å². The first-order valence-corrected chi connectivity index (χ1v) is 26.1. The van der Waals surface area contributed by atoms with Gasteiger partial charge in [0.2, 0.25) is 36.1 Å². The van der Waals surface area contributed by atoms with Gasteiger partial charge in [0.1, 0.15) is 35.8 Å². The van der Waals surface area contributed by atoms with Crippen molar-refractivity contribution in [1.82, 2.24) is 25.8 Å². The number of Topliss-reactive ketones (excluding diaryl/α,β-unsaturated/α-hetero) is 2.